The van der Waals surface area contributed by atoms with Crippen molar-refractivity contribution >= 4 is 5.91 Å². The average molecular weight is 406 g/mol. The highest BCUT2D eigenvalue weighted by atomic mass is 19.1. The van der Waals surface area contributed by atoms with E-state index in [0.29, 0.717) is 11.3 Å². The zero-order chi connectivity index (χ0) is 20.7. The lowest BCUT2D eigenvalue weighted by molar-refractivity contribution is -0.241. The van der Waals surface area contributed by atoms with Gasteiger partial charge in [-0.05, 0) is 25.0 Å². The van der Waals surface area contributed by atoms with Gasteiger partial charge in [-0.1, -0.05) is 17.3 Å². The molecule has 1 saturated carbocycles. The number of nitrogens with zero attached hydrogens (tertiary/aromatic N) is 4. The van der Waals surface area contributed by atoms with Crippen LogP contribution in [-0.2, 0) is 9.53 Å². The Morgan fingerprint density at radius 2 is 2.10 bits per heavy atom. The summed E-state index contributed by atoms with van der Waals surface area (Å²) in [5.74, 6) is -0.664. The lowest BCUT2D eigenvalue weighted by atomic mass is 9.95. The van der Waals surface area contributed by atoms with Gasteiger partial charge in [-0.2, -0.15) is 0 Å². The molecule has 2 aliphatic rings. The number of carbonyl (C=O) groups excluding carboxylic acids is 1. The minimum Gasteiger partial charge on any atom is -0.394 e. The summed E-state index contributed by atoms with van der Waals surface area (Å²) < 4.78 is 20.4. The predicted molar refractivity (Wildman–Crippen MR) is 97.7 cm³/mol. The van der Waals surface area contributed by atoms with Gasteiger partial charge in [-0.25, -0.2) is 9.07 Å². The first kappa shape index (κ1) is 19.9. The van der Waals surface area contributed by atoms with E-state index in [-0.39, 0.29) is 11.8 Å². The van der Waals surface area contributed by atoms with Crippen molar-refractivity contribution in [3.05, 3.63) is 36.3 Å². The van der Waals surface area contributed by atoms with Crippen LogP contribution < -0.4 is 0 Å². The van der Waals surface area contributed by atoms with Gasteiger partial charge in [0.1, 0.15) is 35.9 Å². The Morgan fingerprint density at radius 1 is 1.34 bits per heavy atom. The molecule has 0 spiro atoms. The third-order valence-corrected chi connectivity index (χ3v) is 5.46. The third-order valence-electron chi connectivity index (χ3n) is 5.46. The number of halogens is 1. The van der Waals surface area contributed by atoms with Crippen LogP contribution in [0.15, 0.2) is 30.5 Å². The molecule has 1 aromatic heterocycles. The van der Waals surface area contributed by atoms with Crippen molar-refractivity contribution in [2.75, 3.05) is 13.7 Å². The van der Waals surface area contributed by atoms with Crippen LogP contribution >= 0.6 is 0 Å². The molecule has 1 saturated heterocycles. The van der Waals surface area contributed by atoms with Crippen LogP contribution in [0.25, 0.3) is 11.3 Å². The van der Waals surface area contributed by atoms with E-state index in [1.165, 1.54) is 41.0 Å². The van der Waals surface area contributed by atoms with Gasteiger partial charge in [-0.15, -0.1) is 5.10 Å². The van der Waals surface area contributed by atoms with Crippen molar-refractivity contribution in [3.63, 3.8) is 0 Å². The number of amides is 1. The number of aromatic nitrogens is 3. The molecule has 5 unspecified atom stereocenters. The summed E-state index contributed by atoms with van der Waals surface area (Å²) in [6.45, 7) is -0.502. The summed E-state index contributed by atoms with van der Waals surface area (Å²) in [5.41, 5.74) is 0.846. The minimum atomic E-state index is -1.32. The molecule has 1 aliphatic heterocycles. The Labute approximate surface area is 166 Å². The number of benzene rings is 1. The molecular weight excluding hydrogens is 383 g/mol. The van der Waals surface area contributed by atoms with E-state index < -0.39 is 43.0 Å². The zero-order valence-electron chi connectivity index (χ0n) is 15.8. The van der Waals surface area contributed by atoms with Crippen LogP contribution in [0, 0.1) is 11.7 Å². The fraction of sp³-hybridized carbons (Fsp3) is 0.526. The van der Waals surface area contributed by atoms with E-state index in [1.807, 2.05) is 0 Å². The van der Waals surface area contributed by atoms with E-state index in [4.69, 9.17) is 4.74 Å². The number of aliphatic hydroxyl groups excluding tert-OH is 3. The monoisotopic (exact) mass is 406 g/mol. The SMILES string of the molecule is CN(C(=O)C1CC1)C1OC(CO)C(O)C(n2cc(-c3cccc(F)c3)nn2)C1O. The predicted octanol–water partition coefficient (Wildman–Crippen LogP) is -0.0673. The van der Waals surface area contributed by atoms with Gasteiger partial charge in [-0.3, -0.25) is 4.79 Å². The maximum atomic E-state index is 13.5. The average Bonchev–Trinajstić information content (AvgIpc) is 3.45. The Balaban J connectivity index is 1.63. The summed E-state index contributed by atoms with van der Waals surface area (Å²) in [6, 6.07) is 4.79. The normalized spacial score (nSPS) is 29.6. The molecular formula is C19H23FN4O5. The molecule has 2 heterocycles. The number of aliphatic hydroxyl groups is 3. The number of carbonyl (C=O) groups is 1. The van der Waals surface area contributed by atoms with Crippen molar-refractivity contribution < 1.29 is 29.2 Å². The Hall–Kier alpha value is -2.40. The third kappa shape index (κ3) is 3.76. The van der Waals surface area contributed by atoms with Crippen LogP contribution in [0.3, 0.4) is 0 Å². The molecule has 10 heteroatoms. The number of likely N-dealkylation sites (N-methyl/N-ethyl adjacent to an activating group) is 1. The number of hydrogen-bond acceptors (Lipinski definition) is 7. The van der Waals surface area contributed by atoms with Gasteiger partial charge < -0.3 is 25.0 Å². The van der Waals surface area contributed by atoms with Crippen LogP contribution in [0.2, 0.25) is 0 Å². The molecule has 9 nitrogen and oxygen atoms in total. The van der Waals surface area contributed by atoms with E-state index in [2.05, 4.69) is 10.3 Å². The Kier molecular flexibility index (Phi) is 5.34. The quantitative estimate of drug-likeness (QED) is 0.636. The van der Waals surface area contributed by atoms with Crippen molar-refractivity contribution in [1.82, 2.24) is 19.9 Å². The topological polar surface area (TPSA) is 121 Å². The maximum absolute atomic E-state index is 13.5. The van der Waals surface area contributed by atoms with Gasteiger partial charge in [0, 0.05) is 18.5 Å². The fourth-order valence-electron chi connectivity index (χ4n) is 3.66. The fourth-order valence-corrected chi connectivity index (χ4v) is 3.66. The van der Waals surface area contributed by atoms with Crippen molar-refractivity contribution in [2.45, 2.75) is 43.4 Å². The molecule has 2 aromatic rings. The molecule has 1 aliphatic carbocycles. The standard InChI is InChI=1S/C19H23FN4O5/c1-23(18(28)10-5-6-10)19-17(27)15(16(26)14(9-25)29-19)24-8-13(21-22-24)11-3-2-4-12(20)7-11/h2-4,7-8,10,14-17,19,25-27H,5-6,9H2,1H3. The Morgan fingerprint density at radius 3 is 2.76 bits per heavy atom. The number of hydrogen-bond donors (Lipinski definition) is 3. The van der Waals surface area contributed by atoms with Crippen molar-refractivity contribution in [2.24, 2.45) is 5.92 Å². The first-order valence-electron chi connectivity index (χ1n) is 9.47. The van der Waals surface area contributed by atoms with Crippen molar-refractivity contribution in [1.29, 1.82) is 0 Å². The molecule has 2 fully saturated rings. The summed E-state index contributed by atoms with van der Waals surface area (Å²) in [6.07, 6.45) is -1.63. The van der Waals surface area contributed by atoms with Crippen LogP contribution in [0.4, 0.5) is 4.39 Å². The van der Waals surface area contributed by atoms with Crippen LogP contribution in [0.5, 0.6) is 0 Å². The molecule has 4 rings (SSSR count). The molecule has 5 atom stereocenters. The molecule has 1 aromatic carbocycles. The molecule has 156 valence electrons. The highest BCUT2D eigenvalue weighted by Crippen LogP contribution is 2.35. The summed E-state index contributed by atoms with van der Waals surface area (Å²) >= 11 is 0. The molecule has 3 N–H and O–H groups in total. The second kappa shape index (κ2) is 7.79. The van der Waals surface area contributed by atoms with Gasteiger partial charge in [0.05, 0.1) is 12.8 Å². The van der Waals surface area contributed by atoms with E-state index in [0.717, 1.165) is 12.8 Å². The largest absolute Gasteiger partial charge is 0.394 e. The van der Waals surface area contributed by atoms with Gasteiger partial charge in [0.25, 0.3) is 0 Å². The highest BCUT2D eigenvalue weighted by Gasteiger charge is 2.49. The van der Waals surface area contributed by atoms with Crippen LogP contribution in [0.1, 0.15) is 18.9 Å². The number of rotatable bonds is 5. The molecule has 29 heavy (non-hydrogen) atoms. The van der Waals surface area contributed by atoms with E-state index >= 15 is 0 Å². The molecule has 0 radical (unpaired) electrons. The summed E-state index contributed by atoms with van der Waals surface area (Å²) in [4.78, 5) is 13.7. The first-order chi connectivity index (χ1) is 13.9. The first-order valence-corrected chi connectivity index (χ1v) is 9.47. The number of ether oxygens (including phenoxy) is 1. The lowest BCUT2D eigenvalue weighted by Crippen LogP contribution is -2.61. The van der Waals surface area contributed by atoms with E-state index in [9.17, 15) is 24.5 Å². The minimum absolute atomic E-state index is 0.0837. The molecule has 1 amide bonds. The Bertz CT molecular complexity index is 889. The van der Waals surface area contributed by atoms with Gasteiger partial charge >= 0.3 is 0 Å². The smallest absolute Gasteiger partial charge is 0.227 e. The zero-order valence-corrected chi connectivity index (χ0v) is 15.8. The lowest BCUT2D eigenvalue weighted by Gasteiger charge is -2.45. The maximum Gasteiger partial charge on any atom is 0.227 e. The van der Waals surface area contributed by atoms with Crippen LogP contribution in [-0.4, -0.2) is 79.3 Å². The summed E-state index contributed by atoms with van der Waals surface area (Å²) in [5, 5.41) is 39.2. The second-order valence-electron chi connectivity index (χ2n) is 7.54. The molecule has 0 bridgehead atoms. The van der Waals surface area contributed by atoms with Crippen molar-refractivity contribution in [3.8, 4) is 11.3 Å². The highest BCUT2D eigenvalue weighted by molar-refractivity contribution is 5.81. The van der Waals surface area contributed by atoms with Gasteiger partial charge in [0.2, 0.25) is 5.91 Å². The summed E-state index contributed by atoms with van der Waals surface area (Å²) in [7, 11) is 1.53. The van der Waals surface area contributed by atoms with Gasteiger partial charge in [0.15, 0.2) is 6.23 Å². The van der Waals surface area contributed by atoms with E-state index in [1.54, 1.807) is 6.07 Å². The second-order valence-corrected chi connectivity index (χ2v) is 7.54.